The van der Waals surface area contributed by atoms with Crippen molar-refractivity contribution in [3.8, 4) is 5.75 Å². The van der Waals surface area contributed by atoms with Gasteiger partial charge < -0.3 is 30.8 Å². The van der Waals surface area contributed by atoms with Gasteiger partial charge in [-0.1, -0.05) is 54.1 Å². The van der Waals surface area contributed by atoms with Crippen LogP contribution in [0.4, 0.5) is 4.39 Å². The van der Waals surface area contributed by atoms with Crippen molar-refractivity contribution >= 4 is 17.9 Å². The molecule has 3 aromatic carbocycles. The highest BCUT2D eigenvalue weighted by Crippen LogP contribution is 2.39. The monoisotopic (exact) mass is 528 g/mol. The lowest BCUT2D eigenvalue weighted by atomic mass is 9.88. The number of carbonyl (C=O) groups excluding carboxylic acids is 1. The highest BCUT2D eigenvalue weighted by molar-refractivity contribution is 6.31. The lowest BCUT2D eigenvalue weighted by molar-refractivity contribution is -0.257. The Kier molecular flexibility index (Phi) is 8.28. The lowest BCUT2D eigenvalue weighted by Crippen LogP contribution is -2.48. The minimum Gasteiger partial charge on any atom is -0.491 e. The van der Waals surface area contributed by atoms with Crippen molar-refractivity contribution in [2.75, 3.05) is 6.61 Å². The summed E-state index contributed by atoms with van der Waals surface area (Å²) in [5.41, 5.74) is 13.5. The second-order valence-electron chi connectivity index (χ2n) is 9.11. The number of halogens is 2. The number of benzene rings is 3. The summed E-state index contributed by atoms with van der Waals surface area (Å²) in [5.74, 6) is -2.53. The third-order valence-corrected chi connectivity index (χ3v) is 6.70. The van der Waals surface area contributed by atoms with Gasteiger partial charge in [0.05, 0.1) is 25.4 Å². The maximum Gasteiger partial charge on any atom is 0.226 e. The minimum absolute atomic E-state index is 0.0105. The molecule has 1 aliphatic rings. The molecule has 9 heteroatoms. The van der Waals surface area contributed by atoms with Crippen molar-refractivity contribution in [1.29, 1.82) is 0 Å². The first-order chi connectivity index (χ1) is 17.6. The molecule has 0 saturated carbocycles. The predicted octanol–water partition coefficient (Wildman–Crippen LogP) is 4.32. The fraction of sp³-hybridized carbons (Fsp3) is 0.321. The lowest BCUT2D eigenvalue weighted by Gasteiger charge is -2.38. The van der Waals surface area contributed by atoms with Crippen LogP contribution in [-0.2, 0) is 26.5 Å². The Hall–Kier alpha value is -2.85. The van der Waals surface area contributed by atoms with Crippen molar-refractivity contribution < 1.29 is 28.5 Å². The molecule has 0 aromatic heterocycles. The molecule has 0 radical (unpaired) electrons. The molecule has 3 aromatic rings. The predicted molar refractivity (Wildman–Crippen MR) is 137 cm³/mol. The van der Waals surface area contributed by atoms with Crippen LogP contribution in [0.2, 0.25) is 5.02 Å². The van der Waals surface area contributed by atoms with Gasteiger partial charge in [0.25, 0.3) is 0 Å². The number of nitrogens with two attached hydrogens (primary N) is 2. The summed E-state index contributed by atoms with van der Waals surface area (Å²) in [6.07, 6.45) is -0.455. The molecular weight excluding hydrogens is 499 g/mol. The molecule has 5 N–H and O–H groups in total. The fourth-order valence-corrected chi connectivity index (χ4v) is 4.71. The van der Waals surface area contributed by atoms with Crippen molar-refractivity contribution in [2.24, 2.45) is 11.5 Å². The summed E-state index contributed by atoms with van der Waals surface area (Å²) < 4.78 is 31.6. The van der Waals surface area contributed by atoms with Crippen LogP contribution in [0.15, 0.2) is 66.7 Å². The number of hydrogen-bond acceptors (Lipinski definition) is 7. The molecule has 1 heterocycles. The minimum atomic E-state index is -2.02. The number of aliphatic hydroxyl groups is 1. The molecular formula is C28H30ClFN2O5. The maximum atomic E-state index is 14.6. The Morgan fingerprint density at radius 2 is 1.95 bits per heavy atom. The van der Waals surface area contributed by atoms with Crippen molar-refractivity contribution in [3.63, 3.8) is 0 Å². The maximum absolute atomic E-state index is 14.6. The van der Waals surface area contributed by atoms with E-state index in [1.165, 1.54) is 12.1 Å². The standard InChI is InChI=1S/C28H30ClFN2O5/c1-2-35-25-11-9-20(13-24(25)30)28(31,32)22-12-19(8-10-23(22)29)26-14-21(15-27(34,17-33)37-26)36-16-18-6-4-3-5-7-18/h3-13,17,21,26,34H,2,14-16,31-32H2,1H3. The summed E-state index contributed by atoms with van der Waals surface area (Å²) in [7, 11) is 0. The quantitative estimate of drug-likeness (QED) is 0.280. The van der Waals surface area contributed by atoms with Gasteiger partial charge in [0.15, 0.2) is 17.9 Å². The number of aldehydes is 1. The van der Waals surface area contributed by atoms with E-state index < -0.39 is 29.5 Å². The van der Waals surface area contributed by atoms with Crippen LogP contribution in [-0.4, -0.2) is 29.9 Å². The van der Waals surface area contributed by atoms with Gasteiger partial charge in [-0.2, -0.15) is 0 Å². The second kappa shape index (κ2) is 11.3. The van der Waals surface area contributed by atoms with Crippen LogP contribution in [0.1, 0.15) is 48.1 Å². The summed E-state index contributed by atoms with van der Waals surface area (Å²) in [6.45, 7) is 2.38. The zero-order chi connectivity index (χ0) is 26.6. The third kappa shape index (κ3) is 6.18. The largest absolute Gasteiger partial charge is 0.491 e. The van der Waals surface area contributed by atoms with Crippen LogP contribution in [0.25, 0.3) is 0 Å². The van der Waals surface area contributed by atoms with Gasteiger partial charge in [-0.05, 0) is 47.9 Å². The Labute approximate surface area is 220 Å². The number of rotatable bonds is 9. The van der Waals surface area contributed by atoms with Crippen molar-refractivity contribution in [3.05, 3.63) is 99.8 Å². The molecule has 0 bridgehead atoms. The van der Waals surface area contributed by atoms with Crippen molar-refractivity contribution in [2.45, 2.75) is 50.0 Å². The average Bonchev–Trinajstić information content (AvgIpc) is 2.89. The fourth-order valence-electron chi connectivity index (χ4n) is 4.43. The van der Waals surface area contributed by atoms with Gasteiger partial charge in [0.2, 0.25) is 5.79 Å². The van der Waals surface area contributed by atoms with Gasteiger partial charge in [-0.3, -0.25) is 4.79 Å². The van der Waals surface area contributed by atoms with Crippen LogP contribution in [0, 0.1) is 5.82 Å². The topological polar surface area (TPSA) is 117 Å². The molecule has 7 nitrogen and oxygen atoms in total. The summed E-state index contributed by atoms with van der Waals surface area (Å²) in [5, 5.41) is 11.0. The molecule has 0 spiro atoms. The Morgan fingerprint density at radius 3 is 2.62 bits per heavy atom. The van der Waals surface area contributed by atoms with E-state index in [1.807, 2.05) is 30.3 Å². The van der Waals surface area contributed by atoms with Gasteiger partial charge in [-0.15, -0.1) is 0 Å². The first-order valence-electron chi connectivity index (χ1n) is 12.0. The van der Waals surface area contributed by atoms with E-state index in [-0.39, 0.29) is 22.8 Å². The highest BCUT2D eigenvalue weighted by atomic mass is 35.5. The van der Waals surface area contributed by atoms with E-state index in [0.29, 0.717) is 37.0 Å². The SMILES string of the molecule is CCOc1ccc(C(N)(N)c2cc(C3CC(OCc4ccccc4)CC(O)(C=O)O3)ccc2Cl)cc1F. The summed E-state index contributed by atoms with van der Waals surface area (Å²) in [4.78, 5) is 11.7. The van der Waals surface area contributed by atoms with E-state index in [0.717, 1.165) is 5.56 Å². The normalized spacial score (nSPS) is 22.0. The average molecular weight is 529 g/mol. The van der Waals surface area contributed by atoms with E-state index in [4.69, 9.17) is 37.3 Å². The molecule has 0 aliphatic carbocycles. The summed E-state index contributed by atoms with van der Waals surface area (Å²) in [6, 6.07) is 18.8. The van der Waals surface area contributed by atoms with Gasteiger partial charge >= 0.3 is 0 Å². The van der Waals surface area contributed by atoms with Crippen LogP contribution in [0.3, 0.4) is 0 Å². The van der Waals surface area contributed by atoms with Gasteiger partial charge in [0, 0.05) is 23.4 Å². The van der Waals surface area contributed by atoms with E-state index in [9.17, 15) is 14.3 Å². The molecule has 196 valence electrons. The molecule has 4 rings (SSSR count). The molecule has 3 atom stereocenters. The third-order valence-electron chi connectivity index (χ3n) is 6.37. The second-order valence-corrected chi connectivity index (χ2v) is 9.52. The first-order valence-corrected chi connectivity index (χ1v) is 12.4. The van der Waals surface area contributed by atoms with Gasteiger partial charge in [0.1, 0.15) is 5.66 Å². The van der Waals surface area contributed by atoms with Crippen LogP contribution >= 0.6 is 11.6 Å². The Bertz CT molecular complexity index is 1240. The molecule has 37 heavy (non-hydrogen) atoms. The zero-order valence-electron chi connectivity index (χ0n) is 20.4. The number of hydrogen-bond donors (Lipinski definition) is 3. The van der Waals surface area contributed by atoms with Crippen LogP contribution < -0.4 is 16.2 Å². The Balaban J connectivity index is 1.61. The molecule has 3 unspecified atom stereocenters. The molecule has 1 saturated heterocycles. The van der Waals surface area contributed by atoms with E-state index in [1.54, 1.807) is 31.2 Å². The van der Waals surface area contributed by atoms with E-state index in [2.05, 4.69) is 0 Å². The smallest absolute Gasteiger partial charge is 0.226 e. The van der Waals surface area contributed by atoms with Crippen LogP contribution in [0.5, 0.6) is 5.75 Å². The van der Waals surface area contributed by atoms with E-state index >= 15 is 0 Å². The summed E-state index contributed by atoms with van der Waals surface area (Å²) >= 11 is 6.47. The first kappa shape index (κ1) is 27.2. The molecule has 0 amide bonds. The molecule has 1 aliphatic heterocycles. The van der Waals surface area contributed by atoms with Gasteiger partial charge in [-0.25, -0.2) is 4.39 Å². The van der Waals surface area contributed by atoms with Crippen molar-refractivity contribution in [1.82, 2.24) is 0 Å². The highest BCUT2D eigenvalue weighted by Gasteiger charge is 2.42. The molecule has 1 fully saturated rings. The number of carbonyl (C=O) groups is 1. The number of ether oxygens (including phenoxy) is 3. The zero-order valence-corrected chi connectivity index (χ0v) is 21.2. The Morgan fingerprint density at radius 1 is 1.19 bits per heavy atom.